The number of hydrogen-bond donors (Lipinski definition) is 0. The van der Waals surface area contributed by atoms with E-state index >= 15 is 0 Å². The lowest BCUT2D eigenvalue weighted by molar-refractivity contribution is -0.133. The van der Waals surface area contributed by atoms with Crippen LogP contribution in [0, 0.1) is 0 Å². The molecular formula is C20H26N4O3. The smallest absolute Gasteiger partial charge is 0.275 e. The SMILES string of the molecule is O=C(Cn1ncc2ccccc2c1=O)N1CCCO[C@H](CN2CCCC2)C1. The van der Waals surface area contributed by atoms with E-state index in [0.717, 1.165) is 31.4 Å². The Morgan fingerprint density at radius 3 is 2.81 bits per heavy atom. The number of hydrogen-bond acceptors (Lipinski definition) is 5. The summed E-state index contributed by atoms with van der Waals surface area (Å²) in [5.74, 6) is -0.0724. The molecule has 1 amide bonds. The van der Waals surface area contributed by atoms with Crippen LogP contribution in [0.15, 0.2) is 35.3 Å². The fraction of sp³-hybridized carbons (Fsp3) is 0.550. The molecule has 7 heteroatoms. The fourth-order valence-electron chi connectivity index (χ4n) is 3.95. The summed E-state index contributed by atoms with van der Waals surface area (Å²) in [5.41, 5.74) is -0.221. The third kappa shape index (κ3) is 4.20. The highest BCUT2D eigenvalue weighted by atomic mass is 16.5. The quantitative estimate of drug-likeness (QED) is 0.807. The monoisotopic (exact) mass is 370 g/mol. The molecule has 1 aromatic heterocycles. The third-order valence-corrected chi connectivity index (χ3v) is 5.41. The van der Waals surface area contributed by atoms with Crippen molar-refractivity contribution in [1.29, 1.82) is 0 Å². The molecular weight excluding hydrogens is 344 g/mol. The summed E-state index contributed by atoms with van der Waals surface area (Å²) < 4.78 is 7.23. The van der Waals surface area contributed by atoms with E-state index in [9.17, 15) is 9.59 Å². The minimum absolute atomic E-state index is 0.0277. The van der Waals surface area contributed by atoms with Crippen LogP contribution in [-0.2, 0) is 16.1 Å². The van der Waals surface area contributed by atoms with E-state index in [4.69, 9.17) is 4.74 Å². The van der Waals surface area contributed by atoms with Gasteiger partial charge in [0.25, 0.3) is 5.56 Å². The number of likely N-dealkylation sites (tertiary alicyclic amines) is 1. The Morgan fingerprint density at radius 2 is 1.96 bits per heavy atom. The van der Waals surface area contributed by atoms with Crippen LogP contribution in [0.3, 0.4) is 0 Å². The molecule has 7 nitrogen and oxygen atoms in total. The van der Waals surface area contributed by atoms with E-state index in [1.165, 1.54) is 17.5 Å². The maximum Gasteiger partial charge on any atom is 0.275 e. The Kier molecular flexibility index (Phi) is 5.50. The molecule has 4 rings (SSSR count). The van der Waals surface area contributed by atoms with Crippen LogP contribution in [0.1, 0.15) is 19.3 Å². The maximum absolute atomic E-state index is 12.8. The van der Waals surface area contributed by atoms with Gasteiger partial charge in [-0.2, -0.15) is 5.10 Å². The van der Waals surface area contributed by atoms with Crippen LogP contribution in [0.2, 0.25) is 0 Å². The second-order valence-electron chi connectivity index (χ2n) is 7.39. The third-order valence-electron chi connectivity index (χ3n) is 5.41. The number of fused-ring (bicyclic) bond motifs is 1. The molecule has 2 aromatic rings. The molecule has 1 atom stereocenters. The largest absolute Gasteiger partial charge is 0.375 e. The van der Waals surface area contributed by atoms with Crippen molar-refractivity contribution in [3.05, 3.63) is 40.8 Å². The normalized spacial score (nSPS) is 21.5. The molecule has 0 radical (unpaired) electrons. The molecule has 0 N–H and O–H groups in total. The summed E-state index contributed by atoms with van der Waals surface area (Å²) in [6, 6.07) is 7.32. The molecule has 2 aliphatic rings. The molecule has 0 unspecified atom stereocenters. The van der Waals surface area contributed by atoms with Crippen LogP contribution >= 0.6 is 0 Å². The van der Waals surface area contributed by atoms with Crippen molar-refractivity contribution in [2.75, 3.05) is 39.3 Å². The summed E-state index contributed by atoms with van der Waals surface area (Å²) in [6.45, 7) is 5.00. The van der Waals surface area contributed by atoms with Crippen molar-refractivity contribution in [2.45, 2.75) is 31.9 Å². The van der Waals surface area contributed by atoms with Gasteiger partial charge in [-0.1, -0.05) is 18.2 Å². The number of nitrogens with zero attached hydrogens (tertiary/aromatic N) is 4. The lowest BCUT2D eigenvalue weighted by Crippen LogP contribution is -2.44. The fourth-order valence-corrected chi connectivity index (χ4v) is 3.95. The molecule has 0 bridgehead atoms. The molecule has 2 fully saturated rings. The highest BCUT2D eigenvalue weighted by Crippen LogP contribution is 2.13. The van der Waals surface area contributed by atoms with Crippen molar-refractivity contribution >= 4 is 16.7 Å². The number of ether oxygens (including phenoxy) is 1. The van der Waals surface area contributed by atoms with E-state index < -0.39 is 0 Å². The molecule has 2 aliphatic heterocycles. The van der Waals surface area contributed by atoms with Crippen LogP contribution in [-0.4, -0.2) is 70.9 Å². The summed E-state index contributed by atoms with van der Waals surface area (Å²) in [4.78, 5) is 29.7. The van der Waals surface area contributed by atoms with Gasteiger partial charge in [-0.15, -0.1) is 0 Å². The van der Waals surface area contributed by atoms with Crippen LogP contribution in [0.4, 0.5) is 0 Å². The molecule has 144 valence electrons. The number of aromatic nitrogens is 2. The van der Waals surface area contributed by atoms with Gasteiger partial charge in [0.2, 0.25) is 5.91 Å². The van der Waals surface area contributed by atoms with Gasteiger partial charge in [0.1, 0.15) is 6.54 Å². The van der Waals surface area contributed by atoms with Gasteiger partial charge < -0.3 is 14.5 Å². The van der Waals surface area contributed by atoms with E-state index in [1.54, 1.807) is 12.3 Å². The number of rotatable bonds is 4. The minimum atomic E-state index is -0.221. The van der Waals surface area contributed by atoms with Gasteiger partial charge in [0, 0.05) is 31.6 Å². The summed E-state index contributed by atoms with van der Waals surface area (Å²) >= 11 is 0. The van der Waals surface area contributed by atoms with E-state index in [1.807, 2.05) is 23.1 Å². The second-order valence-corrected chi connectivity index (χ2v) is 7.39. The average Bonchev–Trinajstić information content (AvgIpc) is 3.08. The van der Waals surface area contributed by atoms with Crippen LogP contribution in [0.25, 0.3) is 10.8 Å². The van der Waals surface area contributed by atoms with E-state index in [-0.39, 0.29) is 24.1 Å². The van der Waals surface area contributed by atoms with Crippen LogP contribution in [0.5, 0.6) is 0 Å². The minimum Gasteiger partial charge on any atom is -0.375 e. The molecule has 0 aliphatic carbocycles. The molecule has 0 spiro atoms. The van der Waals surface area contributed by atoms with Crippen molar-refractivity contribution in [2.24, 2.45) is 0 Å². The van der Waals surface area contributed by atoms with Gasteiger partial charge in [0.15, 0.2) is 0 Å². The Labute approximate surface area is 158 Å². The molecule has 1 aromatic carbocycles. The Morgan fingerprint density at radius 1 is 1.15 bits per heavy atom. The number of carbonyl (C=O) groups is 1. The predicted molar refractivity (Wildman–Crippen MR) is 103 cm³/mol. The lowest BCUT2D eigenvalue weighted by atomic mass is 10.2. The Balaban J connectivity index is 1.45. The van der Waals surface area contributed by atoms with Crippen molar-refractivity contribution in [3.8, 4) is 0 Å². The Hall–Kier alpha value is -2.25. The Bertz CT molecular complexity index is 860. The predicted octanol–water partition coefficient (Wildman–Crippen LogP) is 1.11. The average molecular weight is 370 g/mol. The standard InChI is InChI=1S/C20H26N4O3/c25-19(15-24-20(26)18-7-2-1-6-16(18)12-21-24)23-10-5-11-27-17(14-23)13-22-8-3-4-9-22/h1-2,6-7,12,17H,3-5,8-11,13-15H2/t17-/m1/s1. The van der Waals surface area contributed by atoms with Gasteiger partial charge in [-0.05, 0) is 38.4 Å². The van der Waals surface area contributed by atoms with E-state index in [0.29, 0.717) is 25.1 Å². The zero-order valence-electron chi connectivity index (χ0n) is 15.5. The summed E-state index contributed by atoms with van der Waals surface area (Å²) in [5, 5.41) is 5.57. The first-order chi connectivity index (χ1) is 13.2. The molecule has 3 heterocycles. The van der Waals surface area contributed by atoms with Gasteiger partial charge in [-0.3, -0.25) is 9.59 Å². The van der Waals surface area contributed by atoms with Crippen LogP contribution < -0.4 is 5.56 Å². The van der Waals surface area contributed by atoms with Crippen molar-refractivity contribution in [3.63, 3.8) is 0 Å². The van der Waals surface area contributed by atoms with Gasteiger partial charge in [0.05, 0.1) is 17.7 Å². The first-order valence-corrected chi connectivity index (χ1v) is 9.77. The maximum atomic E-state index is 12.8. The zero-order chi connectivity index (χ0) is 18.6. The number of carbonyl (C=O) groups excluding carboxylic acids is 1. The summed E-state index contributed by atoms with van der Waals surface area (Å²) in [6.07, 6.45) is 4.99. The highest BCUT2D eigenvalue weighted by molar-refractivity contribution is 5.81. The lowest BCUT2D eigenvalue weighted by Gasteiger charge is -2.27. The van der Waals surface area contributed by atoms with E-state index in [2.05, 4.69) is 10.00 Å². The highest BCUT2D eigenvalue weighted by Gasteiger charge is 2.25. The number of benzene rings is 1. The van der Waals surface area contributed by atoms with Gasteiger partial charge in [-0.25, -0.2) is 4.68 Å². The van der Waals surface area contributed by atoms with Crippen molar-refractivity contribution in [1.82, 2.24) is 19.6 Å². The second kappa shape index (κ2) is 8.19. The number of amides is 1. The molecule has 0 saturated carbocycles. The molecule has 27 heavy (non-hydrogen) atoms. The summed E-state index contributed by atoms with van der Waals surface area (Å²) in [7, 11) is 0. The van der Waals surface area contributed by atoms with Crippen molar-refractivity contribution < 1.29 is 9.53 Å². The topological polar surface area (TPSA) is 67.7 Å². The molecule has 2 saturated heterocycles. The first kappa shape index (κ1) is 18.1. The first-order valence-electron chi connectivity index (χ1n) is 9.77. The van der Waals surface area contributed by atoms with Gasteiger partial charge >= 0.3 is 0 Å². The zero-order valence-corrected chi connectivity index (χ0v) is 15.5.